The largest absolute Gasteiger partial charge is 0.327 e. The second-order valence-electron chi connectivity index (χ2n) is 5.56. The summed E-state index contributed by atoms with van der Waals surface area (Å²) in [5, 5.41) is 14.8. The van der Waals surface area contributed by atoms with E-state index >= 15 is 0 Å². The summed E-state index contributed by atoms with van der Waals surface area (Å²) in [6.45, 7) is 0. The third kappa shape index (κ3) is 3.90. The first kappa shape index (κ1) is 17.6. The van der Waals surface area contributed by atoms with Crippen molar-refractivity contribution in [2.24, 2.45) is 5.14 Å². The van der Waals surface area contributed by atoms with E-state index in [1.165, 1.54) is 29.2 Å². The number of carbonyl (C=O) groups excluding carboxylic acids is 1. The number of nitrogens with two attached hydrogens (primary N) is 1. The molecule has 0 aliphatic carbocycles. The van der Waals surface area contributed by atoms with Gasteiger partial charge in [0.2, 0.25) is 10.0 Å². The topological polar surface area (TPSA) is 121 Å². The SMILES string of the molecule is CN(C(=O)Nc1ccc(S(N)(=O)=O)cc1)c1cc(-c2ccccc2)[nH]n1. The Bertz CT molecular complexity index is 1010. The standard InChI is InChI=1S/C17H17N5O3S/c1-22(16-11-15(20-21-16)12-5-3-2-4-6-12)17(23)19-13-7-9-14(10-8-13)26(18,24)25/h2-11H,1H3,(H,19,23)(H,20,21)(H2,18,24,25). The summed E-state index contributed by atoms with van der Waals surface area (Å²) >= 11 is 0. The number of benzene rings is 2. The second-order valence-corrected chi connectivity index (χ2v) is 7.13. The monoisotopic (exact) mass is 371 g/mol. The van der Waals surface area contributed by atoms with Crippen LogP contribution in [0.1, 0.15) is 0 Å². The molecule has 3 aromatic rings. The maximum absolute atomic E-state index is 12.4. The number of amides is 2. The molecule has 134 valence electrons. The molecular weight excluding hydrogens is 354 g/mol. The Labute approximate surface area is 150 Å². The molecule has 9 heteroatoms. The third-order valence-electron chi connectivity index (χ3n) is 3.73. The summed E-state index contributed by atoms with van der Waals surface area (Å²) < 4.78 is 22.5. The fourth-order valence-corrected chi connectivity index (χ4v) is 2.80. The Balaban J connectivity index is 1.71. The van der Waals surface area contributed by atoms with Gasteiger partial charge >= 0.3 is 6.03 Å². The zero-order valence-corrected chi connectivity index (χ0v) is 14.7. The van der Waals surface area contributed by atoms with Gasteiger partial charge in [-0.1, -0.05) is 30.3 Å². The molecule has 3 rings (SSSR count). The van der Waals surface area contributed by atoms with Crippen molar-refractivity contribution in [2.75, 3.05) is 17.3 Å². The Hall–Kier alpha value is -3.17. The predicted molar refractivity (Wildman–Crippen MR) is 99.3 cm³/mol. The van der Waals surface area contributed by atoms with Gasteiger partial charge in [0, 0.05) is 18.8 Å². The number of carbonyl (C=O) groups is 1. The number of aromatic nitrogens is 2. The molecular formula is C17H17N5O3S. The first-order valence-electron chi connectivity index (χ1n) is 7.63. The minimum absolute atomic E-state index is 0.0244. The van der Waals surface area contributed by atoms with Gasteiger partial charge in [0.1, 0.15) is 0 Å². The Morgan fingerprint density at radius 1 is 1.12 bits per heavy atom. The van der Waals surface area contributed by atoms with E-state index in [2.05, 4.69) is 15.5 Å². The van der Waals surface area contributed by atoms with E-state index in [-0.39, 0.29) is 4.90 Å². The maximum Gasteiger partial charge on any atom is 0.327 e. The molecule has 0 fully saturated rings. The molecule has 0 saturated carbocycles. The predicted octanol–water partition coefficient (Wildman–Crippen LogP) is 2.39. The van der Waals surface area contributed by atoms with Gasteiger partial charge in [0.05, 0.1) is 10.6 Å². The van der Waals surface area contributed by atoms with Crippen LogP contribution in [0.15, 0.2) is 65.6 Å². The number of primary sulfonamides is 1. The molecule has 0 radical (unpaired) electrons. The molecule has 0 bridgehead atoms. The number of nitrogens with one attached hydrogen (secondary N) is 2. The fraction of sp³-hybridized carbons (Fsp3) is 0.0588. The van der Waals surface area contributed by atoms with Gasteiger partial charge in [-0.15, -0.1) is 0 Å². The van der Waals surface area contributed by atoms with Gasteiger partial charge in [-0.05, 0) is 29.8 Å². The lowest BCUT2D eigenvalue weighted by atomic mass is 10.1. The summed E-state index contributed by atoms with van der Waals surface area (Å²) in [5.74, 6) is 0.447. The van der Waals surface area contributed by atoms with Crippen molar-refractivity contribution < 1.29 is 13.2 Å². The molecule has 26 heavy (non-hydrogen) atoms. The van der Waals surface area contributed by atoms with Crippen LogP contribution >= 0.6 is 0 Å². The number of H-pyrrole nitrogens is 1. The molecule has 0 aliphatic heterocycles. The molecule has 4 N–H and O–H groups in total. The van der Waals surface area contributed by atoms with Crippen LogP contribution in [0.2, 0.25) is 0 Å². The third-order valence-corrected chi connectivity index (χ3v) is 4.66. The number of nitrogens with zero attached hydrogens (tertiary/aromatic N) is 2. The Morgan fingerprint density at radius 3 is 2.38 bits per heavy atom. The summed E-state index contributed by atoms with van der Waals surface area (Å²) in [4.78, 5) is 13.7. The number of sulfonamides is 1. The van der Waals surface area contributed by atoms with Crippen LogP contribution in [0.5, 0.6) is 0 Å². The average Bonchev–Trinajstić information content (AvgIpc) is 3.11. The van der Waals surface area contributed by atoms with Crippen LogP contribution < -0.4 is 15.4 Å². The summed E-state index contributed by atoms with van der Waals surface area (Å²) in [6.07, 6.45) is 0. The van der Waals surface area contributed by atoms with Crippen LogP contribution in [0.25, 0.3) is 11.3 Å². The number of urea groups is 1. The highest BCUT2D eigenvalue weighted by Gasteiger charge is 2.15. The molecule has 1 heterocycles. The normalized spacial score (nSPS) is 11.2. The number of hydrogen-bond acceptors (Lipinski definition) is 4. The molecule has 1 aromatic heterocycles. The van der Waals surface area contributed by atoms with E-state index in [1.54, 1.807) is 13.1 Å². The highest BCUT2D eigenvalue weighted by molar-refractivity contribution is 7.89. The van der Waals surface area contributed by atoms with Gasteiger partial charge in [-0.2, -0.15) is 5.10 Å². The molecule has 0 saturated heterocycles. The number of rotatable bonds is 4. The quantitative estimate of drug-likeness (QED) is 0.652. The van der Waals surface area contributed by atoms with E-state index < -0.39 is 16.1 Å². The maximum atomic E-state index is 12.4. The Morgan fingerprint density at radius 2 is 1.77 bits per heavy atom. The summed E-state index contributed by atoms with van der Waals surface area (Å²) in [6, 6.07) is 16.5. The van der Waals surface area contributed by atoms with Crippen molar-refractivity contribution in [1.29, 1.82) is 0 Å². The van der Waals surface area contributed by atoms with E-state index in [0.29, 0.717) is 11.5 Å². The smallest absolute Gasteiger partial charge is 0.308 e. The van der Waals surface area contributed by atoms with Crippen molar-refractivity contribution in [1.82, 2.24) is 10.2 Å². The molecule has 0 atom stereocenters. The average molecular weight is 371 g/mol. The van der Waals surface area contributed by atoms with Crippen molar-refractivity contribution in [3.05, 3.63) is 60.7 Å². The van der Waals surface area contributed by atoms with Crippen LogP contribution in [0.4, 0.5) is 16.3 Å². The number of hydrogen-bond donors (Lipinski definition) is 3. The zero-order chi connectivity index (χ0) is 18.7. The molecule has 0 unspecified atom stereocenters. The van der Waals surface area contributed by atoms with Crippen molar-refractivity contribution in [2.45, 2.75) is 4.90 Å². The second kappa shape index (κ2) is 6.98. The van der Waals surface area contributed by atoms with Gasteiger partial charge < -0.3 is 5.32 Å². The first-order chi connectivity index (χ1) is 12.3. The van der Waals surface area contributed by atoms with Gasteiger partial charge in [0.15, 0.2) is 5.82 Å². The van der Waals surface area contributed by atoms with E-state index in [4.69, 9.17) is 5.14 Å². The van der Waals surface area contributed by atoms with Crippen molar-refractivity contribution in [3.8, 4) is 11.3 Å². The summed E-state index contributed by atoms with van der Waals surface area (Å²) in [7, 11) is -2.19. The molecule has 0 aliphatic rings. The van der Waals surface area contributed by atoms with Crippen molar-refractivity contribution >= 4 is 27.6 Å². The summed E-state index contributed by atoms with van der Waals surface area (Å²) in [5.41, 5.74) is 2.18. The van der Waals surface area contributed by atoms with E-state index in [1.807, 2.05) is 30.3 Å². The van der Waals surface area contributed by atoms with Crippen LogP contribution in [-0.4, -0.2) is 31.7 Å². The highest BCUT2D eigenvalue weighted by Crippen LogP contribution is 2.21. The van der Waals surface area contributed by atoms with E-state index in [0.717, 1.165) is 11.3 Å². The minimum Gasteiger partial charge on any atom is -0.308 e. The first-order valence-corrected chi connectivity index (χ1v) is 9.17. The highest BCUT2D eigenvalue weighted by atomic mass is 32.2. The van der Waals surface area contributed by atoms with Crippen LogP contribution in [0.3, 0.4) is 0 Å². The Kier molecular flexibility index (Phi) is 4.74. The lowest BCUT2D eigenvalue weighted by molar-refractivity contribution is 0.258. The van der Waals surface area contributed by atoms with Crippen LogP contribution in [0, 0.1) is 0 Å². The molecule has 0 spiro atoms. The number of anilines is 2. The van der Waals surface area contributed by atoms with Gasteiger partial charge in [0.25, 0.3) is 0 Å². The molecule has 2 amide bonds. The zero-order valence-electron chi connectivity index (χ0n) is 13.9. The minimum atomic E-state index is -3.77. The molecule has 2 aromatic carbocycles. The molecule has 8 nitrogen and oxygen atoms in total. The van der Waals surface area contributed by atoms with Crippen LogP contribution in [-0.2, 0) is 10.0 Å². The van der Waals surface area contributed by atoms with E-state index in [9.17, 15) is 13.2 Å². The lowest BCUT2D eigenvalue weighted by Gasteiger charge is -2.15. The fourth-order valence-electron chi connectivity index (χ4n) is 2.29. The van der Waals surface area contributed by atoms with Gasteiger partial charge in [-0.3, -0.25) is 10.00 Å². The van der Waals surface area contributed by atoms with Crippen molar-refractivity contribution in [3.63, 3.8) is 0 Å². The number of aromatic amines is 1. The lowest BCUT2D eigenvalue weighted by Crippen LogP contribution is -2.31. The van der Waals surface area contributed by atoms with Gasteiger partial charge in [-0.25, -0.2) is 18.4 Å².